The van der Waals surface area contributed by atoms with Crippen LogP contribution in [0.3, 0.4) is 0 Å². The highest BCUT2D eigenvalue weighted by atomic mass is 35.5. The van der Waals surface area contributed by atoms with Crippen molar-refractivity contribution >= 4 is 17.5 Å². The highest BCUT2D eigenvalue weighted by molar-refractivity contribution is 6.19. The lowest BCUT2D eigenvalue weighted by Gasteiger charge is -2.10. The lowest BCUT2D eigenvalue weighted by atomic mass is 10.1. The van der Waals surface area contributed by atoms with Gasteiger partial charge in [0.15, 0.2) is 0 Å². The van der Waals surface area contributed by atoms with E-state index in [1.165, 1.54) is 11.1 Å². The molecule has 2 nitrogen and oxygen atoms in total. The standard InChI is InChI=1S/C13H18ClNO/c1-10-5-3-4-6-12(10)7-8-15-13(16)11(2)9-14/h3-6,11H,7-9H2,1-2H3,(H,15,16). The average Bonchev–Trinajstić information content (AvgIpc) is 2.30. The molecular formula is C13H18ClNO. The number of halogens is 1. The van der Waals surface area contributed by atoms with Gasteiger partial charge in [0.25, 0.3) is 0 Å². The molecular weight excluding hydrogens is 222 g/mol. The second-order valence-corrected chi connectivity index (χ2v) is 4.33. The summed E-state index contributed by atoms with van der Waals surface area (Å²) in [5.74, 6) is 0.290. The van der Waals surface area contributed by atoms with Crippen molar-refractivity contribution in [1.29, 1.82) is 0 Å². The third-order valence-electron chi connectivity index (χ3n) is 2.63. The Morgan fingerprint density at radius 3 is 2.75 bits per heavy atom. The minimum atomic E-state index is -0.112. The van der Waals surface area contributed by atoms with Crippen LogP contribution in [-0.4, -0.2) is 18.3 Å². The summed E-state index contributed by atoms with van der Waals surface area (Å²) in [5, 5.41) is 2.89. The molecule has 1 aromatic rings. The van der Waals surface area contributed by atoms with E-state index in [9.17, 15) is 4.79 Å². The van der Waals surface area contributed by atoms with E-state index in [4.69, 9.17) is 11.6 Å². The number of nitrogens with one attached hydrogen (secondary N) is 1. The van der Waals surface area contributed by atoms with Crippen molar-refractivity contribution in [3.63, 3.8) is 0 Å². The molecule has 0 saturated carbocycles. The maximum absolute atomic E-state index is 11.5. The van der Waals surface area contributed by atoms with E-state index in [0.717, 1.165) is 6.42 Å². The van der Waals surface area contributed by atoms with Crippen molar-refractivity contribution in [2.24, 2.45) is 5.92 Å². The molecule has 0 aliphatic carbocycles. The number of rotatable bonds is 5. The van der Waals surface area contributed by atoms with Crippen molar-refractivity contribution in [3.8, 4) is 0 Å². The van der Waals surface area contributed by atoms with Crippen molar-refractivity contribution in [1.82, 2.24) is 5.32 Å². The van der Waals surface area contributed by atoms with Crippen LogP contribution < -0.4 is 5.32 Å². The molecule has 0 aliphatic rings. The van der Waals surface area contributed by atoms with E-state index in [1.54, 1.807) is 0 Å². The number of amides is 1. The van der Waals surface area contributed by atoms with Crippen LogP contribution in [0.25, 0.3) is 0 Å². The van der Waals surface area contributed by atoms with Crippen molar-refractivity contribution in [2.45, 2.75) is 20.3 Å². The largest absolute Gasteiger partial charge is 0.356 e. The third kappa shape index (κ3) is 3.86. The molecule has 16 heavy (non-hydrogen) atoms. The fourth-order valence-electron chi connectivity index (χ4n) is 1.46. The van der Waals surface area contributed by atoms with Crippen LogP contribution in [0.1, 0.15) is 18.1 Å². The lowest BCUT2D eigenvalue weighted by molar-refractivity contribution is -0.123. The number of alkyl halides is 1. The fourth-order valence-corrected chi connectivity index (χ4v) is 1.60. The molecule has 1 N–H and O–H groups in total. The first-order valence-corrected chi connectivity index (χ1v) is 6.06. The first kappa shape index (κ1) is 13.0. The van der Waals surface area contributed by atoms with Gasteiger partial charge in [-0.15, -0.1) is 11.6 Å². The Hall–Kier alpha value is -1.02. The van der Waals surface area contributed by atoms with E-state index >= 15 is 0 Å². The van der Waals surface area contributed by atoms with Gasteiger partial charge in [-0.2, -0.15) is 0 Å². The summed E-state index contributed by atoms with van der Waals surface area (Å²) in [4.78, 5) is 11.5. The summed E-state index contributed by atoms with van der Waals surface area (Å²) in [6.45, 7) is 4.58. The first-order chi connectivity index (χ1) is 7.65. The first-order valence-electron chi connectivity index (χ1n) is 5.53. The molecule has 0 aromatic heterocycles. The Bertz CT molecular complexity index is 352. The molecule has 1 unspecified atom stereocenters. The van der Waals surface area contributed by atoms with Gasteiger partial charge in [0.2, 0.25) is 5.91 Å². The van der Waals surface area contributed by atoms with Crippen LogP contribution in [0, 0.1) is 12.8 Å². The fraction of sp³-hybridized carbons (Fsp3) is 0.462. The maximum Gasteiger partial charge on any atom is 0.224 e. The van der Waals surface area contributed by atoms with Crippen LogP contribution in [0.5, 0.6) is 0 Å². The zero-order valence-corrected chi connectivity index (χ0v) is 10.6. The summed E-state index contributed by atoms with van der Waals surface area (Å²) < 4.78 is 0. The van der Waals surface area contributed by atoms with Crippen molar-refractivity contribution in [3.05, 3.63) is 35.4 Å². The molecule has 0 fully saturated rings. The Morgan fingerprint density at radius 1 is 1.44 bits per heavy atom. The van der Waals surface area contributed by atoms with Gasteiger partial charge in [-0.3, -0.25) is 4.79 Å². The van der Waals surface area contributed by atoms with Gasteiger partial charge in [-0.25, -0.2) is 0 Å². The number of hydrogen-bond acceptors (Lipinski definition) is 1. The zero-order valence-electron chi connectivity index (χ0n) is 9.79. The van der Waals surface area contributed by atoms with Crippen LogP contribution in [0.2, 0.25) is 0 Å². The molecule has 0 heterocycles. The van der Waals surface area contributed by atoms with E-state index in [1.807, 2.05) is 19.1 Å². The van der Waals surface area contributed by atoms with Gasteiger partial charge in [0.05, 0.1) is 0 Å². The number of aryl methyl sites for hydroxylation is 1. The predicted molar refractivity (Wildman–Crippen MR) is 67.8 cm³/mol. The van der Waals surface area contributed by atoms with E-state index in [2.05, 4.69) is 24.4 Å². The summed E-state index contributed by atoms with van der Waals surface area (Å²) in [6.07, 6.45) is 0.868. The smallest absolute Gasteiger partial charge is 0.224 e. The molecule has 0 aliphatic heterocycles. The molecule has 88 valence electrons. The number of benzene rings is 1. The number of hydrogen-bond donors (Lipinski definition) is 1. The molecule has 3 heteroatoms. The van der Waals surface area contributed by atoms with E-state index in [-0.39, 0.29) is 11.8 Å². The van der Waals surface area contributed by atoms with E-state index < -0.39 is 0 Å². The zero-order chi connectivity index (χ0) is 12.0. The number of carbonyl (C=O) groups is 1. The van der Waals surface area contributed by atoms with Gasteiger partial charge in [-0.1, -0.05) is 31.2 Å². The van der Waals surface area contributed by atoms with Crippen LogP contribution in [0.15, 0.2) is 24.3 Å². The molecule has 0 radical (unpaired) electrons. The molecule has 1 rings (SSSR count). The summed E-state index contributed by atoms with van der Waals surface area (Å²) in [5.41, 5.74) is 2.54. The lowest BCUT2D eigenvalue weighted by Crippen LogP contribution is -2.31. The van der Waals surface area contributed by atoms with Gasteiger partial charge in [-0.05, 0) is 24.5 Å². The molecule has 1 amide bonds. The predicted octanol–water partition coefficient (Wildman–Crippen LogP) is 2.53. The minimum absolute atomic E-state index is 0.0311. The maximum atomic E-state index is 11.5. The van der Waals surface area contributed by atoms with E-state index in [0.29, 0.717) is 12.4 Å². The monoisotopic (exact) mass is 239 g/mol. The Balaban J connectivity index is 2.36. The molecule has 0 bridgehead atoms. The molecule has 1 aromatic carbocycles. The summed E-state index contributed by atoms with van der Waals surface area (Å²) >= 11 is 5.61. The Kier molecular flexibility index (Phi) is 5.33. The normalized spacial score (nSPS) is 12.2. The second-order valence-electron chi connectivity index (χ2n) is 4.02. The highest BCUT2D eigenvalue weighted by Crippen LogP contribution is 2.07. The van der Waals surface area contributed by atoms with Gasteiger partial charge in [0.1, 0.15) is 0 Å². The third-order valence-corrected chi connectivity index (χ3v) is 3.10. The van der Waals surface area contributed by atoms with Gasteiger partial charge < -0.3 is 5.32 Å². The molecule has 0 saturated heterocycles. The number of carbonyl (C=O) groups excluding carboxylic acids is 1. The van der Waals surface area contributed by atoms with Crippen molar-refractivity contribution < 1.29 is 4.79 Å². The van der Waals surface area contributed by atoms with Crippen LogP contribution in [0.4, 0.5) is 0 Å². The Morgan fingerprint density at radius 2 is 2.12 bits per heavy atom. The Labute approximate surface area is 102 Å². The quantitative estimate of drug-likeness (QED) is 0.787. The highest BCUT2D eigenvalue weighted by Gasteiger charge is 2.10. The molecule has 0 spiro atoms. The summed E-state index contributed by atoms with van der Waals surface area (Å²) in [7, 11) is 0. The van der Waals surface area contributed by atoms with Crippen LogP contribution >= 0.6 is 11.6 Å². The second kappa shape index (κ2) is 6.54. The SMILES string of the molecule is Cc1ccccc1CCNC(=O)C(C)CCl. The topological polar surface area (TPSA) is 29.1 Å². The van der Waals surface area contributed by atoms with Crippen molar-refractivity contribution in [2.75, 3.05) is 12.4 Å². The molecule has 1 atom stereocenters. The van der Waals surface area contributed by atoms with Gasteiger partial charge in [0, 0.05) is 18.3 Å². The minimum Gasteiger partial charge on any atom is -0.356 e. The average molecular weight is 240 g/mol. The van der Waals surface area contributed by atoms with Gasteiger partial charge >= 0.3 is 0 Å². The van der Waals surface area contributed by atoms with Crippen LogP contribution in [-0.2, 0) is 11.2 Å². The summed E-state index contributed by atoms with van der Waals surface area (Å²) in [6, 6.07) is 8.21.